The van der Waals surface area contributed by atoms with Gasteiger partial charge in [0.05, 0.1) is 0 Å². The van der Waals surface area contributed by atoms with Gasteiger partial charge < -0.3 is 0 Å². The van der Waals surface area contributed by atoms with E-state index in [0.717, 1.165) is 17.2 Å². The lowest BCUT2D eigenvalue weighted by atomic mass is 10.2. The molecule has 3 nitrogen and oxygen atoms in total. The third-order valence-corrected chi connectivity index (χ3v) is 3.29. The Labute approximate surface area is 101 Å². The van der Waals surface area contributed by atoms with Crippen LogP contribution < -0.4 is 0 Å². The molecule has 1 N–H and O–H groups in total. The Kier molecular flexibility index (Phi) is 2.23. The zero-order valence-electron chi connectivity index (χ0n) is 8.07. The van der Waals surface area contributed by atoms with Crippen LogP contribution in [0.3, 0.4) is 0 Å². The Hall–Kier alpha value is -0.910. The van der Waals surface area contributed by atoms with Crippen LogP contribution >= 0.6 is 22.6 Å². The van der Waals surface area contributed by atoms with Crippen molar-refractivity contribution >= 4 is 22.6 Å². The molecule has 0 atom stereocenters. The molecule has 2 aromatic rings. The molecule has 0 unspecified atom stereocenters. The predicted molar refractivity (Wildman–Crippen MR) is 66.5 cm³/mol. The fourth-order valence-electron chi connectivity index (χ4n) is 1.54. The quantitative estimate of drug-likeness (QED) is 0.867. The minimum Gasteiger partial charge on any atom is -0.262 e. The minimum absolute atomic E-state index is 0.634. The summed E-state index contributed by atoms with van der Waals surface area (Å²) in [4.78, 5) is 4.50. The summed E-state index contributed by atoms with van der Waals surface area (Å²) < 4.78 is 1.23. The zero-order valence-corrected chi connectivity index (χ0v) is 10.2. The molecule has 0 spiro atoms. The van der Waals surface area contributed by atoms with Gasteiger partial charge in [-0.1, -0.05) is 12.1 Å². The average Bonchev–Trinajstić information content (AvgIpc) is 2.99. The van der Waals surface area contributed by atoms with Crippen LogP contribution in [0.15, 0.2) is 24.3 Å². The van der Waals surface area contributed by atoms with Crippen molar-refractivity contribution in [2.24, 2.45) is 0 Å². The molecule has 76 valence electrons. The second kappa shape index (κ2) is 3.59. The van der Waals surface area contributed by atoms with E-state index in [1.54, 1.807) is 0 Å². The maximum absolute atomic E-state index is 4.50. The lowest BCUT2D eigenvalue weighted by Gasteiger charge is -1.94. The van der Waals surface area contributed by atoms with E-state index in [4.69, 9.17) is 0 Å². The normalized spacial score (nSPS) is 15.5. The van der Waals surface area contributed by atoms with Crippen LogP contribution in [0.1, 0.15) is 24.6 Å². The Morgan fingerprint density at radius 1 is 1.20 bits per heavy atom. The fraction of sp³-hybridized carbons (Fsp3) is 0.273. The van der Waals surface area contributed by atoms with E-state index in [1.807, 2.05) is 0 Å². The molecule has 3 rings (SSSR count). The summed E-state index contributed by atoms with van der Waals surface area (Å²) in [7, 11) is 0. The van der Waals surface area contributed by atoms with Gasteiger partial charge >= 0.3 is 0 Å². The van der Waals surface area contributed by atoms with E-state index < -0.39 is 0 Å². The molecule has 1 aliphatic carbocycles. The van der Waals surface area contributed by atoms with Gasteiger partial charge in [-0.05, 0) is 47.6 Å². The first kappa shape index (κ1) is 9.33. The van der Waals surface area contributed by atoms with Gasteiger partial charge in [-0.3, -0.25) is 5.10 Å². The smallest absolute Gasteiger partial charge is 0.181 e. The first-order valence-electron chi connectivity index (χ1n) is 5.01. The number of aromatic amines is 1. The summed E-state index contributed by atoms with van der Waals surface area (Å²) in [6.07, 6.45) is 2.50. The van der Waals surface area contributed by atoms with Gasteiger partial charge in [0, 0.05) is 15.1 Å². The third-order valence-electron chi connectivity index (χ3n) is 2.57. The van der Waals surface area contributed by atoms with Crippen LogP contribution in [0.4, 0.5) is 0 Å². The first-order valence-corrected chi connectivity index (χ1v) is 6.09. The molecule has 1 aliphatic rings. The molecule has 4 heteroatoms. The van der Waals surface area contributed by atoms with Crippen LogP contribution in [0.5, 0.6) is 0 Å². The minimum atomic E-state index is 0.634. The Morgan fingerprint density at radius 3 is 2.60 bits per heavy atom. The van der Waals surface area contributed by atoms with Crippen molar-refractivity contribution in [3.05, 3.63) is 33.7 Å². The molecule has 1 aromatic heterocycles. The maximum atomic E-state index is 4.50. The fourth-order valence-corrected chi connectivity index (χ4v) is 1.90. The lowest BCUT2D eigenvalue weighted by molar-refractivity contribution is 0.935. The zero-order chi connectivity index (χ0) is 10.3. The summed E-state index contributed by atoms with van der Waals surface area (Å²) in [5.41, 5.74) is 1.08. The van der Waals surface area contributed by atoms with Gasteiger partial charge in [-0.25, -0.2) is 4.98 Å². The van der Waals surface area contributed by atoms with Gasteiger partial charge in [0.25, 0.3) is 0 Å². The first-order chi connectivity index (χ1) is 7.33. The molecule has 15 heavy (non-hydrogen) atoms. The summed E-state index contributed by atoms with van der Waals surface area (Å²) in [6, 6.07) is 8.26. The lowest BCUT2D eigenvalue weighted by Crippen LogP contribution is -1.82. The molecule has 0 amide bonds. The van der Waals surface area contributed by atoms with Crippen molar-refractivity contribution in [2.45, 2.75) is 18.8 Å². The molecular weight excluding hydrogens is 301 g/mol. The van der Waals surface area contributed by atoms with Gasteiger partial charge in [0.15, 0.2) is 5.82 Å². The van der Waals surface area contributed by atoms with Gasteiger partial charge in [-0.2, -0.15) is 5.10 Å². The topological polar surface area (TPSA) is 41.6 Å². The largest absolute Gasteiger partial charge is 0.262 e. The number of hydrogen-bond acceptors (Lipinski definition) is 2. The molecule has 1 heterocycles. The highest BCUT2D eigenvalue weighted by atomic mass is 127. The van der Waals surface area contributed by atoms with E-state index >= 15 is 0 Å². The van der Waals surface area contributed by atoms with Crippen molar-refractivity contribution in [2.75, 3.05) is 0 Å². The van der Waals surface area contributed by atoms with E-state index in [9.17, 15) is 0 Å². The van der Waals surface area contributed by atoms with Gasteiger partial charge in [0.2, 0.25) is 0 Å². The second-order valence-corrected chi connectivity index (χ2v) is 5.07. The molecule has 0 bridgehead atoms. The van der Waals surface area contributed by atoms with E-state index in [1.165, 1.54) is 16.4 Å². The van der Waals surface area contributed by atoms with Crippen LogP contribution in [0.25, 0.3) is 11.4 Å². The number of H-pyrrole nitrogens is 1. The SMILES string of the molecule is Ic1ccc(-c2n[nH]c(C3CC3)n2)cc1. The average molecular weight is 311 g/mol. The predicted octanol–water partition coefficient (Wildman–Crippen LogP) is 2.95. The van der Waals surface area contributed by atoms with Gasteiger partial charge in [0.1, 0.15) is 5.82 Å². The van der Waals surface area contributed by atoms with Crippen molar-refractivity contribution in [3.63, 3.8) is 0 Å². The molecule has 0 saturated heterocycles. The van der Waals surface area contributed by atoms with Gasteiger partial charge in [-0.15, -0.1) is 0 Å². The number of nitrogens with zero attached hydrogens (tertiary/aromatic N) is 2. The second-order valence-electron chi connectivity index (χ2n) is 3.83. The maximum Gasteiger partial charge on any atom is 0.181 e. The molecule has 1 saturated carbocycles. The monoisotopic (exact) mass is 311 g/mol. The number of halogens is 1. The number of nitrogens with one attached hydrogen (secondary N) is 1. The Bertz CT molecular complexity index is 471. The van der Waals surface area contributed by atoms with Crippen LogP contribution in [-0.2, 0) is 0 Å². The third kappa shape index (κ3) is 1.90. The van der Waals surface area contributed by atoms with Crippen molar-refractivity contribution in [1.29, 1.82) is 0 Å². The standard InChI is InChI=1S/C11H10IN3/c12-9-5-3-8(4-6-9)11-13-10(14-15-11)7-1-2-7/h3-7H,1-2H2,(H,13,14,15). The number of benzene rings is 1. The van der Waals surface area contributed by atoms with Crippen molar-refractivity contribution < 1.29 is 0 Å². The van der Waals surface area contributed by atoms with Crippen molar-refractivity contribution in [1.82, 2.24) is 15.2 Å². The van der Waals surface area contributed by atoms with Crippen molar-refractivity contribution in [3.8, 4) is 11.4 Å². The van der Waals surface area contributed by atoms with E-state index in [-0.39, 0.29) is 0 Å². The summed E-state index contributed by atoms with van der Waals surface area (Å²) in [5.74, 6) is 2.49. The van der Waals surface area contributed by atoms with E-state index in [2.05, 4.69) is 62.0 Å². The molecule has 1 fully saturated rings. The number of rotatable bonds is 2. The van der Waals surface area contributed by atoms with E-state index in [0.29, 0.717) is 5.92 Å². The molecule has 0 aliphatic heterocycles. The Morgan fingerprint density at radius 2 is 1.93 bits per heavy atom. The summed E-state index contributed by atoms with van der Waals surface area (Å²) >= 11 is 2.29. The van der Waals surface area contributed by atoms with Crippen LogP contribution in [-0.4, -0.2) is 15.2 Å². The summed E-state index contributed by atoms with van der Waals surface area (Å²) in [6.45, 7) is 0. The molecule has 1 aromatic carbocycles. The highest BCUT2D eigenvalue weighted by Crippen LogP contribution is 2.38. The highest BCUT2D eigenvalue weighted by Gasteiger charge is 2.27. The number of hydrogen-bond donors (Lipinski definition) is 1. The Balaban J connectivity index is 1.93. The number of aromatic nitrogens is 3. The summed E-state index contributed by atoms with van der Waals surface area (Å²) in [5, 5.41) is 7.26. The molecular formula is C11H10IN3. The highest BCUT2D eigenvalue weighted by molar-refractivity contribution is 14.1. The van der Waals surface area contributed by atoms with Crippen LogP contribution in [0.2, 0.25) is 0 Å². The molecule has 0 radical (unpaired) electrons. The van der Waals surface area contributed by atoms with Crippen LogP contribution in [0, 0.1) is 3.57 Å².